The minimum atomic E-state index is -0.899. The van der Waals surface area contributed by atoms with E-state index in [0.717, 1.165) is 37.2 Å². The summed E-state index contributed by atoms with van der Waals surface area (Å²) in [6.07, 6.45) is 2.29. The number of aryl methyl sites for hydroxylation is 1. The van der Waals surface area contributed by atoms with Gasteiger partial charge in [-0.2, -0.15) is 0 Å². The maximum absolute atomic E-state index is 10.8. The molecule has 1 fully saturated rings. The van der Waals surface area contributed by atoms with Gasteiger partial charge in [-0.05, 0) is 50.6 Å². The number of ether oxygens (including phenoxy) is 1. The Kier molecular flexibility index (Phi) is 3.87. The lowest BCUT2D eigenvalue weighted by atomic mass is 10.1. The first-order chi connectivity index (χ1) is 8.56. The summed E-state index contributed by atoms with van der Waals surface area (Å²) < 4.78 is 5.95. The molecule has 4 nitrogen and oxygen atoms in total. The van der Waals surface area contributed by atoms with Crippen LogP contribution in [0.15, 0.2) is 18.2 Å². The SMILES string of the molecule is Cc1cc(C(=O)O)ccc1OC1CCN(C)CC1. The first-order valence-corrected chi connectivity index (χ1v) is 6.25. The normalized spacial score (nSPS) is 17.7. The number of rotatable bonds is 3. The summed E-state index contributed by atoms with van der Waals surface area (Å²) in [6.45, 7) is 3.99. The number of benzene rings is 1. The molecular weight excluding hydrogens is 230 g/mol. The van der Waals surface area contributed by atoms with Gasteiger partial charge in [0.05, 0.1) is 5.56 Å². The first-order valence-electron chi connectivity index (χ1n) is 6.25. The van der Waals surface area contributed by atoms with Crippen LogP contribution in [0.5, 0.6) is 5.75 Å². The molecule has 1 aliphatic rings. The molecule has 0 saturated carbocycles. The molecule has 2 rings (SSSR count). The van der Waals surface area contributed by atoms with Gasteiger partial charge in [0, 0.05) is 13.1 Å². The third-order valence-corrected chi connectivity index (χ3v) is 3.38. The van der Waals surface area contributed by atoms with Gasteiger partial charge in [0.1, 0.15) is 11.9 Å². The Bertz CT molecular complexity index is 437. The highest BCUT2D eigenvalue weighted by Crippen LogP contribution is 2.23. The Balaban J connectivity index is 2.03. The van der Waals surface area contributed by atoms with Crippen molar-refractivity contribution in [2.45, 2.75) is 25.9 Å². The third-order valence-electron chi connectivity index (χ3n) is 3.38. The number of carbonyl (C=O) groups is 1. The van der Waals surface area contributed by atoms with Crippen molar-refractivity contribution in [3.63, 3.8) is 0 Å². The van der Waals surface area contributed by atoms with E-state index in [0.29, 0.717) is 5.56 Å². The van der Waals surface area contributed by atoms with Gasteiger partial charge in [-0.1, -0.05) is 0 Å². The zero-order chi connectivity index (χ0) is 13.1. The van der Waals surface area contributed by atoms with Crippen LogP contribution >= 0.6 is 0 Å². The highest BCUT2D eigenvalue weighted by atomic mass is 16.5. The minimum Gasteiger partial charge on any atom is -0.490 e. The monoisotopic (exact) mass is 249 g/mol. The lowest BCUT2D eigenvalue weighted by molar-refractivity contribution is 0.0696. The molecule has 1 heterocycles. The van der Waals surface area contributed by atoms with Crippen LogP contribution in [0, 0.1) is 6.92 Å². The molecule has 1 aromatic carbocycles. The second-order valence-corrected chi connectivity index (χ2v) is 4.91. The molecular formula is C14H19NO3. The topological polar surface area (TPSA) is 49.8 Å². The van der Waals surface area contributed by atoms with Crippen LogP contribution in [-0.4, -0.2) is 42.2 Å². The summed E-state index contributed by atoms with van der Waals surface area (Å²) >= 11 is 0. The third kappa shape index (κ3) is 3.01. The van der Waals surface area contributed by atoms with Crippen LogP contribution in [0.25, 0.3) is 0 Å². The number of carboxylic acids is 1. The van der Waals surface area contributed by atoms with Crippen molar-refractivity contribution in [1.29, 1.82) is 0 Å². The van der Waals surface area contributed by atoms with E-state index in [1.807, 2.05) is 6.92 Å². The maximum atomic E-state index is 10.8. The highest BCUT2D eigenvalue weighted by Gasteiger charge is 2.18. The van der Waals surface area contributed by atoms with E-state index in [-0.39, 0.29) is 6.10 Å². The fourth-order valence-electron chi connectivity index (χ4n) is 2.20. The maximum Gasteiger partial charge on any atom is 0.335 e. The molecule has 1 N–H and O–H groups in total. The smallest absolute Gasteiger partial charge is 0.335 e. The van der Waals surface area contributed by atoms with Gasteiger partial charge in [-0.15, -0.1) is 0 Å². The van der Waals surface area contributed by atoms with Crippen LogP contribution in [0.2, 0.25) is 0 Å². The molecule has 1 saturated heterocycles. The van der Waals surface area contributed by atoms with E-state index in [2.05, 4.69) is 11.9 Å². The lowest BCUT2D eigenvalue weighted by Crippen LogP contribution is -2.35. The van der Waals surface area contributed by atoms with Gasteiger partial charge in [0.2, 0.25) is 0 Å². The standard InChI is InChI=1S/C14H19NO3/c1-10-9-11(14(16)17)3-4-13(10)18-12-5-7-15(2)8-6-12/h3-4,9,12H,5-8H2,1-2H3,(H,16,17). The molecule has 0 unspecified atom stereocenters. The van der Waals surface area contributed by atoms with Crippen LogP contribution in [0.1, 0.15) is 28.8 Å². The summed E-state index contributed by atoms with van der Waals surface area (Å²) in [4.78, 5) is 13.1. The van der Waals surface area contributed by atoms with E-state index in [1.54, 1.807) is 18.2 Å². The number of carboxylic acid groups (broad SMARTS) is 1. The fraction of sp³-hybridized carbons (Fsp3) is 0.500. The average molecular weight is 249 g/mol. The van der Waals surface area contributed by atoms with Crippen molar-refractivity contribution in [1.82, 2.24) is 4.90 Å². The van der Waals surface area contributed by atoms with Crippen LogP contribution in [0.3, 0.4) is 0 Å². The van der Waals surface area contributed by atoms with Crippen molar-refractivity contribution in [2.24, 2.45) is 0 Å². The minimum absolute atomic E-state index is 0.246. The van der Waals surface area contributed by atoms with Gasteiger partial charge in [0.25, 0.3) is 0 Å². The van der Waals surface area contributed by atoms with Gasteiger partial charge in [-0.25, -0.2) is 4.79 Å². The predicted molar refractivity (Wildman–Crippen MR) is 69.3 cm³/mol. The number of aromatic carboxylic acids is 1. The van der Waals surface area contributed by atoms with Crippen molar-refractivity contribution < 1.29 is 14.6 Å². The van der Waals surface area contributed by atoms with E-state index in [9.17, 15) is 4.79 Å². The Hall–Kier alpha value is -1.55. The Morgan fingerprint density at radius 3 is 2.61 bits per heavy atom. The molecule has 1 aromatic rings. The molecule has 98 valence electrons. The Morgan fingerprint density at radius 1 is 1.39 bits per heavy atom. The highest BCUT2D eigenvalue weighted by molar-refractivity contribution is 5.88. The second-order valence-electron chi connectivity index (χ2n) is 4.91. The number of hydrogen-bond acceptors (Lipinski definition) is 3. The number of likely N-dealkylation sites (tertiary alicyclic amines) is 1. The van der Waals surface area contributed by atoms with E-state index < -0.39 is 5.97 Å². The first kappa shape index (κ1) is 12.9. The Morgan fingerprint density at radius 2 is 2.06 bits per heavy atom. The molecule has 0 bridgehead atoms. The molecule has 0 spiro atoms. The molecule has 0 aliphatic carbocycles. The second kappa shape index (κ2) is 5.40. The molecule has 0 radical (unpaired) electrons. The van der Waals surface area contributed by atoms with Gasteiger partial charge < -0.3 is 14.7 Å². The van der Waals surface area contributed by atoms with Crippen molar-refractivity contribution in [2.75, 3.05) is 20.1 Å². The van der Waals surface area contributed by atoms with E-state index in [4.69, 9.17) is 9.84 Å². The van der Waals surface area contributed by atoms with Crippen molar-refractivity contribution >= 4 is 5.97 Å². The quantitative estimate of drug-likeness (QED) is 0.892. The van der Waals surface area contributed by atoms with Crippen molar-refractivity contribution in [3.05, 3.63) is 29.3 Å². The van der Waals surface area contributed by atoms with Gasteiger partial charge >= 0.3 is 5.97 Å². The summed E-state index contributed by atoms with van der Waals surface area (Å²) in [5.74, 6) is -0.0986. The fourth-order valence-corrected chi connectivity index (χ4v) is 2.20. The van der Waals surface area contributed by atoms with Crippen LogP contribution < -0.4 is 4.74 Å². The van der Waals surface area contributed by atoms with Crippen molar-refractivity contribution in [3.8, 4) is 5.75 Å². The average Bonchev–Trinajstić information content (AvgIpc) is 2.34. The van der Waals surface area contributed by atoms with Crippen LogP contribution in [-0.2, 0) is 0 Å². The molecule has 1 aliphatic heterocycles. The van der Waals surface area contributed by atoms with E-state index >= 15 is 0 Å². The number of nitrogens with zero attached hydrogens (tertiary/aromatic N) is 1. The van der Waals surface area contributed by atoms with Gasteiger partial charge in [0.15, 0.2) is 0 Å². The summed E-state index contributed by atoms with van der Waals surface area (Å²) in [5.41, 5.74) is 1.19. The lowest BCUT2D eigenvalue weighted by Gasteiger charge is -2.29. The zero-order valence-electron chi connectivity index (χ0n) is 10.8. The summed E-state index contributed by atoms with van der Waals surface area (Å²) in [7, 11) is 2.11. The largest absolute Gasteiger partial charge is 0.490 e. The predicted octanol–water partition coefficient (Wildman–Crippen LogP) is 2.17. The molecule has 0 atom stereocenters. The molecule has 18 heavy (non-hydrogen) atoms. The summed E-state index contributed by atoms with van der Waals surface area (Å²) in [5, 5.41) is 8.90. The summed E-state index contributed by atoms with van der Waals surface area (Å²) in [6, 6.07) is 5.02. The zero-order valence-corrected chi connectivity index (χ0v) is 10.8. The Labute approximate surface area is 107 Å². The van der Waals surface area contributed by atoms with E-state index in [1.165, 1.54) is 0 Å². The number of hydrogen-bond donors (Lipinski definition) is 1. The molecule has 4 heteroatoms. The van der Waals surface area contributed by atoms with Crippen LogP contribution in [0.4, 0.5) is 0 Å². The number of piperidine rings is 1. The molecule has 0 amide bonds. The van der Waals surface area contributed by atoms with Gasteiger partial charge in [-0.3, -0.25) is 0 Å². The molecule has 0 aromatic heterocycles.